The third-order valence-electron chi connectivity index (χ3n) is 3.26. The van der Waals surface area contributed by atoms with Crippen LogP contribution >= 0.6 is 11.3 Å². The Morgan fingerprint density at radius 3 is 2.47 bits per heavy atom. The number of aliphatic hydroxyl groups is 1. The van der Waals surface area contributed by atoms with Crippen molar-refractivity contribution in [1.29, 1.82) is 0 Å². The molecule has 0 aliphatic carbocycles. The molecule has 0 saturated heterocycles. The second-order valence-electron chi connectivity index (χ2n) is 4.73. The van der Waals surface area contributed by atoms with Crippen LogP contribution in [0.4, 0.5) is 0 Å². The Hall–Kier alpha value is -1.36. The highest BCUT2D eigenvalue weighted by Gasteiger charge is 2.16. The van der Waals surface area contributed by atoms with Gasteiger partial charge in [-0.25, -0.2) is 0 Å². The van der Waals surface area contributed by atoms with Gasteiger partial charge in [0.15, 0.2) is 0 Å². The summed E-state index contributed by atoms with van der Waals surface area (Å²) in [6.07, 6.45) is -0.583. The standard InChI is InChI=1S/C15H19NO2S/c1-10-7-8-19-14(10)9-16-11(2)15(18)12-3-5-13(17)6-4-12/h3-8,11,15-18H,9H2,1-2H3/t11-,15+/m0/s1. The van der Waals surface area contributed by atoms with Crippen molar-refractivity contribution in [3.8, 4) is 5.75 Å². The fourth-order valence-electron chi connectivity index (χ4n) is 1.91. The maximum Gasteiger partial charge on any atom is 0.115 e. The second kappa shape index (κ2) is 6.19. The zero-order valence-corrected chi connectivity index (χ0v) is 11.9. The largest absolute Gasteiger partial charge is 0.508 e. The zero-order chi connectivity index (χ0) is 13.8. The number of hydrogen-bond acceptors (Lipinski definition) is 4. The van der Waals surface area contributed by atoms with E-state index in [1.54, 1.807) is 35.6 Å². The molecule has 1 heterocycles. The lowest BCUT2D eigenvalue weighted by Crippen LogP contribution is -2.31. The summed E-state index contributed by atoms with van der Waals surface area (Å²) in [5.74, 6) is 0.214. The van der Waals surface area contributed by atoms with Crippen molar-refractivity contribution in [2.45, 2.75) is 32.5 Å². The summed E-state index contributed by atoms with van der Waals surface area (Å²) in [4.78, 5) is 1.30. The van der Waals surface area contributed by atoms with Crippen LogP contribution in [0, 0.1) is 6.92 Å². The summed E-state index contributed by atoms with van der Waals surface area (Å²) < 4.78 is 0. The van der Waals surface area contributed by atoms with Crippen LogP contribution in [-0.4, -0.2) is 16.3 Å². The molecule has 0 fully saturated rings. The lowest BCUT2D eigenvalue weighted by atomic mass is 10.0. The van der Waals surface area contributed by atoms with Gasteiger partial charge in [-0.15, -0.1) is 11.3 Å². The number of rotatable bonds is 5. The average molecular weight is 277 g/mol. The van der Waals surface area contributed by atoms with Gasteiger partial charge in [0.25, 0.3) is 0 Å². The minimum absolute atomic E-state index is 0.0500. The summed E-state index contributed by atoms with van der Waals surface area (Å²) >= 11 is 1.72. The topological polar surface area (TPSA) is 52.5 Å². The molecule has 3 nitrogen and oxygen atoms in total. The van der Waals surface area contributed by atoms with Gasteiger partial charge in [-0.3, -0.25) is 0 Å². The number of aromatic hydroxyl groups is 1. The van der Waals surface area contributed by atoms with Gasteiger partial charge in [0.1, 0.15) is 5.75 Å². The summed E-state index contributed by atoms with van der Waals surface area (Å²) in [7, 11) is 0. The van der Waals surface area contributed by atoms with Gasteiger partial charge in [-0.2, -0.15) is 0 Å². The Bertz CT molecular complexity index is 521. The quantitative estimate of drug-likeness (QED) is 0.787. The van der Waals surface area contributed by atoms with Crippen LogP contribution in [0.1, 0.15) is 29.0 Å². The zero-order valence-electron chi connectivity index (χ0n) is 11.1. The summed E-state index contributed by atoms with van der Waals surface area (Å²) in [5, 5.41) is 24.9. The Labute approximate surface area is 117 Å². The van der Waals surface area contributed by atoms with Crippen LogP contribution in [0.3, 0.4) is 0 Å². The molecular formula is C15H19NO2S. The van der Waals surface area contributed by atoms with Crippen molar-refractivity contribution in [1.82, 2.24) is 5.32 Å². The fourth-order valence-corrected chi connectivity index (χ4v) is 2.77. The Balaban J connectivity index is 1.94. The van der Waals surface area contributed by atoms with Gasteiger partial charge in [0.2, 0.25) is 0 Å². The summed E-state index contributed by atoms with van der Waals surface area (Å²) in [6, 6.07) is 8.72. The molecule has 1 aromatic carbocycles. The SMILES string of the molecule is Cc1ccsc1CN[C@@H](C)[C@@H](O)c1ccc(O)cc1. The van der Waals surface area contributed by atoms with E-state index in [0.29, 0.717) is 0 Å². The first-order valence-corrected chi connectivity index (χ1v) is 7.19. The van der Waals surface area contributed by atoms with Crippen LogP contribution in [0.2, 0.25) is 0 Å². The molecule has 4 heteroatoms. The number of phenolic OH excluding ortho intramolecular Hbond substituents is 1. The van der Waals surface area contributed by atoms with E-state index in [2.05, 4.69) is 23.7 Å². The molecule has 0 spiro atoms. The maximum atomic E-state index is 10.2. The number of aliphatic hydroxyl groups excluding tert-OH is 1. The summed E-state index contributed by atoms with van der Waals surface area (Å²) in [6.45, 7) is 4.81. The van der Waals surface area contributed by atoms with Gasteiger partial charge >= 0.3 is 0 Å². The highest BCUT2D eigenvalue weighted by atomic mass is 32.1. The number of benzene rings is 1. The second-order valence-corrected chi connectivity index (χ2v) is 5.73. The van der Waals surface area contributed by atoms with Crippen LogP contribution in [0.5, 0.6) is 5.75 Å². The number of thiophene rings is 1. The van der Waals surface area contributed by atoms with Crippen molar-refractivity contribution in [3.63, 3.8) is 0 Å². The molecule has 102 valence electrons. The fraction of sp³-hybridized carbons (Fsp3) is 0.333. The van der Waals surface area contributed by atoms with E-state index in [4.69, 9.17) is 0 Å². The van der Waals surface area contributed by atoms with Gasteiger partial charge in [0.05, 0.1) is 6.10 Å². The van der Waals surface area contributed by atoms with Crippen molar-refractivity contribution in [2.24, 2.45) is 0 Å². The van der Waals surface area contributed by atoms with Crippen LogP contribution < -0.4 is 5.32 Å². The van der Waals surface area contributed by atoms with Crippen molar-refractivity contribution < 1.29 is 10.2 Å². The highest BCUT2D eigenvalue weighted by Crippen LogP contribution is 2.21. The van der Waals surface area contributed by atoms with E-state index in [1.165, 1.54) is 10.4 Å². The normalized spacial score (nSPS) is 14.3. The molecule has 0 aliphatic heterocycles. The summed E-state index contributed by atoms with van der Waals surface area (Å²) in [5.41, 5.74) is 2.09. The molecule has 3 N–H and O–H groups in total. The Morgan fingerprint density at radius 1 is 1.21 bits per heavy atom. The lowest BCUT2D eigenvalue weighted by Gasteiger charge is -2.20. The number of nitrogens with one attached hydrogen (secondary N) is 1. The number of aryl methyl sites for hydroxylation is 1. The van der Waals surface area contributed by atoms with Gasteiger partial charge in [0, 0.05) is 17.5 Å². The molecule has 0 unspecified atom stereocenters. The van der Waals surface area contributed by atoms with E-state index in [0.717, 1.165) is 12.1 Å². The minimum atomic E-state index is -0.583. The molecule has 0 saturated carbocycles. The predicted molar refractivity (Wildman–Crippen MR) is 78.4 cm³/mol. The molecular weight excluding hydrogens is 258 g/mol. The molecule has 0 bridgehead atoms. The van der Waals surface area contributed by atoms with E-state index < -0.39 is 6.10 Å². The molecule has 2 aromatic rings. The predicted octanol–water partition coefficient (Wildman–Crippen LogP) is 2.97. The molecule has 0 amide bonds. The lowest BCUT2D eigenvalue weighted by molar-refractivity contribution is 0.135. The van der Waals surface area contributed by atoms with Crippen molar-refractivity contribution >= 4 is 11.3 Å². The Kier molecular flexibility index (Phi) is 4.58. The van der Waals surface area contributed by atoms with E-state index in [1.807, 2.05) is 6.92 Å². The number of phenols is 1. The molecule has 2 rings (SSSR count). The van der Waals surface area contributed by atoms with Crippen molar-refractivity contribution in [2.75, 3.05) is 0 Å². The van der Waals surface area contributed by atoms with E-state index in [9.17, 15) is 10.2 Å². The smallest absolute Gasteiger partial charge is 0.115 e. The molecule has 2 atom stereocenters. The first-order valence-electron chi connectivity index (χ1n) is 6.31. The van der Waals surface area contributed by atoms with Gasteiger partial charge in [-0.05, 0) is 48.6 Å². The molecule has 1 aromatic heterocycles. The third kappa shape index (κ3) is 3.56. The first kappa shape index (κ1) is 14.1. The number of hydrogen-bond donors (Lipinski definition) is 3. The van der Waals surface area contributed by atoms with Gasteiger partial charge in [-0.1, -0.05) is 12.1 Å². The average Bonchev–Trinajstić information content (AvgIpc) is 2.81. The first-order chi connectivity index (χ1) is 9.08. The van der Waals surface area contributed by atoms with Crippen LogP contribution in [-0.2, 0) is 6.54 Å². The molecule has 0 aliphatic rings. The Morgan fingerprint density at radius 2 is 1.89 bits per heavy atom. The molecule has 19 heavy (non-hydrogen) atoms. The van der Waals surface area contributed by atoms with Crippen molar-refractivity contribution in [3.05, 3.63) is 51.7 Å². The molecule has 0 radical (unpaired) electrons. The minimum Gasteiger partial charge on any atom is -0.508 e. The van der Waals surface area contributed by atoms with Gasteiger partial charge < -0.3 is 15.5 Å². The monoisotopic (exact) mass is 277 g/mol. The maximum absolute atomic E-state index is 10.2. The van der Waals surface area contributed by atoms with Crippen LogP contribution in [0.15, 0.2) is 35.7 Å². The highest BCUT2D eigenvalue weighted by molar-refractivity contribution is 7.10. The van der Waals surface area contributed by atoms with E-state index >= 15 is 0 Å². The van der Waals surface area contributed by atoms with E-state index in [-0.39, 0.29) is 11.8 Å². The third-order valence-corrected chi connectivity index (χ3v) is 4.28. The van der Waals surface area contributed by atoms with Crippen LogP contribution in [0.25, 0.3) is 0 Å².